The Balaban J connectivity index is 2.40. The lowest BCUT2D eigenvalue weighted by Crippen LogP contribution is -2.24. The molecule has 0 heterocycles. The largest absolute Gasteiger partial charge is 0.469 e. The second-order valence-corrected chi connectivity index (χ2v) is 4.68. The Morgan fingerprint density at radius 2 is 2.15 bits per heavy atom. The molecule has 0 aromatic rings. The minimum atomic E-state index is -0.0500. The normalized spacial score (nSPS) is 28.5. The minimum Gasteiger partial charge on any atom is -0.469 e. The van der Waals surface area contributed by atoms with E-state index in [0.29, 0.717) is 17.6 Å². The Kier molecular flexibility index (Phi) is 4.64. The third kappa shape index (κ3) is 3.22. The monoisotopic (exact) mass is 202 g/mol. The molecule has 0 bridgehead atoms. The van der Waals surface area contributed by atoms with Crippen molar-refractivity contribution in [3.63, 3.8) is 0 Å². The Labute approximate surface area is 84.4 Å². The predicted molar refractivity (Wildman–Crippen MR) is 55.9 cm³/mol. The standard InChI is InChI=1S/C10H18O2S/c1-12-10(11)7-8-5-3-4-6-9(8)13-2/h8-9H,3-7H2,1-2H3. The fourth-order valence-electron chi connectivity index (χ4n) is 2.01. The summed E-state index contributed by atoms with van der Waals surface area (Å²) in [7, 11) is 1.47. The van der Waals surface area contributed by atoms with Gasteiger partial charge in [0.15, 0.2) is 0 Å². The molecule has 0 N–H and O–H groups in total. The molecule has 0 radical (unpaired) electrons. The molecule has 0 amide bonds. The van der Waals surface area contributed by atoms with Crippen LogP contribution in [0.2, 0.25) is 0 Å². The summed E-state index contributed by atoms with van der Waals surface area (Å²) in [5, 5.41) is 0.674. The average Bonchev–Trinajstić information content (AvgIpc) is 2.18. The van der Waals surface area contributed by atoms with Crippen LogP contribution < -0.4 is 0 Å². The third-order valence-corrected chi connectivity index (χ3v) is 4.02. The molecule has 0 aromatic heterocycles. The van der Waals surface area contributed by atoms with Gasteiger partial charge in [-0.25, -0.2) is 0 Å². The van der Waals surface area contributed by atoms with Crippen LogP contribution in [0.1, 0.15) is 32.1 Å². The molecule has 1 rings (SSSR count). The number of carbonyl (C=O) groups is 1. The zero-order chi connectivity index (χ0) is 9.68. The molecule has 2 atom stereocenters. The number of esters is 1. The average molecular weight is 202 g/mol. The number of carbonyl (C=O) groups excluding carboxylic acids is 1. The molecule has 0 spiro atoms. The molecule has 2 unspecified atom stereocenters. The minimum absolute atomic E-state index is 0.0500. The van der Waals surface area contributed by atoms with E-state index in [4.69, 9.17) is 4.74 Å². The lowest BCUT2D eigenvalue weighted by Gasteiger charge is -2.29. The Hall–Kier alpha value is -0.180. The van der Waals surface area contributed by atoms with Crippen molar-refractivity contribution in [1.82, 2.24) is 0 Å². The number of methoxy groups -OCH3 is 1. The summed E-state index contributed by atoms with van der Waals surface area (Å²) >= 11 is 1.90. The first-order chi connectivity index (χ1) is 6.27. The predicted octanol–water partition coefficient (Wildman–Crippen LogP) is 2.47. The summed E-state index contributed by atoms with van der Waals surface area (Å²) in [6.07, 6.45) is 7.81. The van der Waals surface area contributed by atoms with Crippen molar-refractivity contribution in [2.75, 3.05) is 13.4 Å². The van der Waals surface area contributed by atoms with Crippen molar-refractivity contribution in [1.29, 1.82) is 0 Å². The molecule has 1 saturated carbocycles. The van der Waals surface area contributed by atoms with E-state index in [-0.39, 0.29) is 5.97 Å². The van der Waals surface area contributed by atoms with Gasteiger partial charge in [0, 0.05) is 11.7 Å². The number of hydrogen-bond acceptors (Lipinski definition) is 3. The Morgan fingerprint density at radius 3 is 2.77 bits per heavy atom. The molecule has 1 aliphatic rings. The number of rotatable bonds is 3. The lowest BCUT2D eigenvalue weighted by molar-refractivity contribution is -0.141. The zero-order valence-corrected chi connectivity index (χ0v) is 9.23. The van der Waals surface area contributed by atoms with Gasteiger partial charge in [0.2, 0.25) is 0 Å². The van der Waals surface area contributed by atoms with Crippen LogP contribution in [0.4, 0.5) is 0 Å². The molecule has 76 valence electrons. The highest BCUT2D eigenvalue weighted by molar-refractivity contribution is 7.99. The molecule has 3 heteroatoms. The van der Waals surface area contributed by atoms with Gasteiger partial charge in [0.25, 0.3) is 0 Å². The van der Waals surface area contributed by atoms with E-state index in [2.05, 4.69) is 6.26 Å². The maximum Gasteiger partial charge on any atom is 0.305 e. The molecular formula is C10H18O2S. The van der Waals surface area contributed by atoms with E-state index in [1.165, 1.54) is 32.8 Å². The summed E-state index contributed by atoms with van der Waals surface area (Å²) in [5.41, 5.74) is 0. The van der Waals surface area contributed by atoms with Crippen LogP contribution in [0.3, 0.4) is 0 Å². The summed E-state index contributed by atoms with van der Waals surface area (Å²) in [5.74, 6) is 0.502. The smallest absolute Gasteiger partial charge is 0.305 e. The summed E-state index contributed by atoms with van der Waals surface area (Å²) < 4.78 is 4.70. The maximum atomic E-state index is 11.1. The van der Waals surface area contributed by atoms with Crippen LogP contribution in [-0.4, -0.2) is 24.6 Å². The van der Waals surface area contributed by atoms with Crippen molar-refractivity contribution in [2.24, 2.45) is 5.92 Å². The van der Waals surface area contributed by atoms with E-state index < -0.39 is 0 Å². The second kappa shape index (κ2) is 5.53. The molecule has 1 aliphatic carbocycles. The number of hydrogen-bond donors (Lipinski definition) is 0. The van der Waals surface area contributed by atoms with E-state index in [1.54, 1.807) is 0 Å². The van der Waals surface area contributed by atoms with Crippen LogP contribution in [0.5, 0.6) is 0 Å². The van der Waals surface area contributed by atoms with Gasteiger partial charge >= 0.3 is 5.97 Å². The zero-order valence-electron chi connectivity index (χ0n) is 8.41. The summed E-state index contributed by atoms with van der Waals surface area (Å²) in [6.45, 7) is 0. The van der Waals surface area contributed by atoms with E-state index in [9.17, 15) is 4.79 Å². The Bertz CT molecular complexity index is 170. The SMILES string of the molecule is COC(=O)CC1CCCCC1SC. The van der Waals surface area contributed by atoms with E-state index >= 15 is 0 Å². The van der Waals surface area contributed by atoms with Crippen LogP contribution in [-0.2, 0) is 9.53 Å². The van der Waals surface area contributed by atoms with Gasteiger partial charge in [0.05, 0.1) is 7.11 Å². The van der Waals surface area contributed by atoms with Crippen LogP contribution in [0, 0.1) is 5.92 Å². The van der Waals surface area contributed by atoms with Crippen LogP contribution in [0.15, 0.2) is 0 Å². The highest BCUT2D eigenvalue weighted by Crippen LogP contribution is 2.34. The van der Waals surface area contributed by atoms with Gasteiger partial charge in [-0.15, -0.1) is 0 Å². The van der Waals surface area contributed by atoms with Crippen LogP contribution in [0.25, 0.3) is 0 Å². The highest BCUT2D eigenvalue weighted by Gasteiger charge is 2.26. The van der Waals surface area contributed by atoms with Crippen LogP contribution >= 0.6 is 11.8 Å². The fourth-order valence-corrected chi connectivity index (χ4v) is 3.03. The van der Waals surface area contributed by atoms with Gasteiger partial charge in [-0.3, -0.25) is 4.79 Å². The number of ether oxygens (including phenoxy) is 1. The summed E-state index contributed by atoms with van der Waals surface area (Å²) in [4.78, 5) is 11.1. The molecule has 0 aromatic carbocycles. The Morgan fingerprint density at radius 1 is 1.46 bits per heavy atom. The molecule has 1 fully saturated rings. The van der Waals surface area contributed by atoms with Gasteiger partial charge in [-0.1, -0.05) is 12.8 Å². The molecule has 0 aliphatic heterocycles. The lowest BCUT2D eigenvalue weighted by atomic mass is 9.86. The first-order valence-electron chi connectivity index (χ1n) is 4.87. The first-order valence-corrected chi connectivity index (χ1v) is 6.16. The first kappa shape index (κ1) is 10.9. The molecule has 13 heavy (non-hydrogen) atoms. The van der Waals surface area contributed by atoms with Crippen molar-refractivity contribution >= 4 is 17.7 Å². The van der Waals surface area contributed by atoms with Crippen molar-refractivity contribution in [2.45, 2.75) is 37.4 Å². The topological polar surface area (TPSA) is 26.3 Å². The van der Waals surface area contributed by atoms with Gasteiger partial charge in [0.1, 0.15) is 0 Å². The third-order valence-electron chi connectivity index (χ3n) is 2.80. The quantitative estimate of drug-likeness (QED) is 0.658. The van der Waals surface area contributed by atoms with Gasteiger partial charge in [-0.2, -0.15) is 11.8 Å². The maximum absolute atomic E-state index is 11.1. The molecular weight excluding hydrogens is 184 g/mol. The van der Waals surface area contributed by atoms with Crippen molar-refractivity contribution < 1.29 is 9.53 Å². The fraction of sp³-hybridized carbons (Fsp3) is 0.900. The highest BCUT2D eigenvalue weighted by atomic mass is 32.2. The summed E-state index contributed by atoms with van der Waals surface area (Å²) in [6, 6.07) is 0. The van der Waals surface area contributed by atoms with Gasteiger partial charge in [-0.05, 0) is 25.0 Å². The number of thioether (sulfide) groups is 1. The van der Waals surface area contributed by atoms with Gasteiger partial charge < -0.3 is 4.74 Å². The van der Waals surface area contributed by atoms with Crippen molar-refractivity contribution in [3.05, 3.63) is 0 Å². The molecule has 0 saturated heterocycles. The van der Waals surface area contributed by atoms with E-state index in [0.717, 1.165) is 0 Å². The molecule has 2 nitrogen and oxygen atoms in total. The van der Waals surface area contributed by atoms with Crippen molar-refractivity contribution in [3.8, 4) is 0 Å². The second-order valence-electron chi connectivity index (χ2n) is 3.60. The van der Waals surface area contributed by atoms with E-state index in [1.807, 2.05) is 11.8 Å².